The first-order chi connectivity index (χ1) is 9.66. The van der Waals surface area contributed by atoms with Crippen LogP contribution in [-0.2, 0) is 4.79 Å². The highest BCUT2D eigenvalue weighted by atomic mass is 16.2. The van der Waals surface area contributed by atoms with Crippen LogP contribution in [0.4, 0.5) is 0 Å². The van der Waals surface area contributed by atoms with Crippen LogP contribution in [0.3, 0.4) is 0 Å². The highest BCUT2D eigenvalue weighted by Crippen LogP contribution is 2.07. The number of nitrogens with one attached hydrogen (secondary N) is 1. The lowest BCUT2D eigenvalue weighted by Crippen LogP contribution is -2.25. The molecule has 2 rings (SSSR count). The van der Waals surface area contributed by atoms with Crippen molar-refractivity contribution in [2.75, 3.05) is 6.54 Å². The Balaban J connectivity index is 1.92. The van der Waals surface area contributed by atoms with E-state index < -0.39 is 0 Å². The van der Waals surface area contributed by atoms with E-state index in [2.05, 4.69) is 10.4 Å². The van der Waals surface area contributed by atoms with Gasteiger partial charge < -0.3 is 11.1 Å². The minimum absolute atomic E-state index is 0.211. The van der Waals surface area contributed by atoms with E-state index in [4.69, 9.17) is 5.73 Å². The van der Waals surface area contributed by atoms with Gasteiger partial charge in [-0.15, -0.1) is 0 Å². The van der Waals surface area contributed by atoms with Crippen molar-refractivity contribution < 1.29 is 9.59 Å². The first kappa shape index (κ1) is 13.8. The highest BCUT2D eigenvalue weighted by molar-refractivity contribution is 5.93. The third-order valence-corrected chi connectivity index (χ3v) is 2.75. The van der Waals surface area contributed by atoms with Crippen LogP contribution in [0.15, 0.2) is 42.7 Å². The van der Waals surface area contributed by atoms with Gasteiger partial charge in [0.1, 0.15) is 0 Å². The SMILES string of the molecule is NC(=O)CCCNC(=O)c1cnn(-c2ccccc2)c1. The standard InChI is InChI=1S/C14H16N4O2/c15-13(19)7-4-8-16-14(20)11-9-17-18(10-11)12-5-2-1-3-6-12/h1-3,5-6,9-10H,4,7-8H2,(H2,15,19)(H,16,20). The molecule has 3 N–H and O–H groups in total. The molecule has 0 radical (unpaired) electrons. The zero-order valence-electron chi connectivity index (χ0n) is 11.0. The number of hydrogen-bond acceptors (Lipinski definition) is 3. The minimum Gasteiger partial charge on any atom is -0.370 e. The van der Waals surface area contributed by atoms with Crippen molar-refractivity contribution in [1.82, 2.24) is 15.1 Å². The van der Waals surface area contributed by atoms with Crippen LogP contribution in [0, 0.1) is 0 Å². The number of nitrogens with two attached hydrogens (primary N) is 1. The number of nitrogens with zero attached hydrogens (tertiary/aromatic N) is 2. The van der Waals surface area contributed by atoms with Crippen molar-refractivity contribution in [1.29, 1.82) is 0 Å². The number of carbonyl (C=O) groups is 2. The zero-order chi connectivity index (χ0) is 14.4. The Morgan fingerprint density at radius 1 is 1.25 bits per heavy atom. The van der Waals surface area contributed by atoms with Gasteiger partial charge in [-0.05, 0) is 18.6 Å². The van der Waals surface area contributed by atoms with Gasteiger partial charge in [0.25, 0.3) is 5.91 Å². The molecule has 1 aromatic heterocycles. The van der Waals surface area contributed by atoms with E-state index in [0.29, 0.717) is 18.5 Å². The molecule has 0 aliphatic rings. The number of aromatic nitrogens is 2. The number of benzene rings is 1. The molecule has 0 bridgehead atoms. The van der Waals surface area contributed by atoms with Crippen molar-refractivity contribution in [2.24, 2.45) is 5.73 Å². The van der Waals surface area contributed by atoms with Crippen molar-refractivity contribution in [3.05, 3.63) is 48.3 Å². The first-order valence-corrected chi connectivity index (χ1v) is 6.33. The summed E-state index contributed by atoms with van der Waals surface area (Å²) in [5.41, 5.74) is 6.39. The quantitative estimate of drug-likeness (QED) is 0.764. The predicted octanol–water partition coefficient (Wildman–Crippen LogP) is 0.868. The largest absolute Gasteiger partial charge is 0.370 e. The lowest BCUT2D eigenvalue weighted by Gasteiger charge is -2.02. The summed E-state index contributed by atoms with van der Waals surface area (Å²) < 4.78 is 1.64. The van der Waals surface area contributed by atoms with Crippen LogP contribution >= 0.6 is 0 Å². The molecule has 0 atom stereocenters. The summed E-state index contributed by atoms with van der Waals surface area (Å²) in [7, 11) is 0. The van der Waals surface area contributed by atoms with E-state index in [1.807, 2.05) is 30.3 Å². The van der Waals surface area contributed by atoms with Gasteiger partial charge in [-0.1, -0.05) is 18.2 Å². The number of rotatable bonds is 6. The molecule has 6 nitrogen and oxygen atoms in total. The number of para-hydroxylation sites is 1. The Hall–Kier alpha value is -2.63. The minimum atomic E-state index is -0.365. The van der Waals surface area contributed by atoms with E-state index in [9.17, 15) is 9.59 Å². The molecule has 20 heavy (non-hydrogen) atoms. The van der Waals surface area contributed by atoms with Gasteiger partial charge in [0, 0.05) is 19.2 Å². The van der Waals surface area contributed by atoms with Crippen LogP contribution in [-0.4, -0.2) is 28.1 Å². The zero-order valence-corrected chi connectivity index (χ0v) is 11.0. The molecule has 6 heteroatoms. The average molecular weight is 272 g/mol. The highest BCUT2D eigenvalue weighted by Gasteiger charge is 2.08. The van der Waals surface area contributed by atoms with Crippen molar-refractivity contribution in [3.63, 3.8) is 0 Å². The number of amides is 2. The summed E-state index contributed by atoms with van der Waals surface area (Å²) in [5, 5.41) is 6.86. The molecule has 0 fully saturated rings. The first-order valence-electron chi connectivity index (χ1n) is 6.33. The van der Waals surface area contributed by atoms with E-state index >= 15 is 0 Å². The average Bonchev–Trinajstić information content (AvgIpc) is 2.94. The third kappa shape index (κ3) is 3.68. The van der Waals surface area contributed by atoms with Crippen molar-refractivity contribution >= 4 is 11.8 Å². The fourth-order valence-corrected chi connectivity index (χ4v) is 1.73. The van der Waals surface area contributed by atoms with Crippen LogP contribution in [0.2, 0.25) is 0 Å². The molecule has 0 aliphatic carbocycles. The number of carbonyl (C=O) groups excluding carboxylic acids is 2. The smallest absolute Gasteiger partial charge is 0.254 e. The van der Waals surface area contributed by atoms with Gasteiger partial charge in [-0.3, -0.25) is 9.59 Å². The predicted molar refractivity (Wildman–Crippen MR) is 74.3 cm³/mol. The van der Waals surface area contributed by atoms with E-state index in [-0.39, 0.29) is 18.2 Å². The fraction of sp³-hybridized carbons (Fsp3) is 0.214. The molecule has 1 aromatic carbocycles. The molecule has 1 heterocycles. The van der Waals surface area contributed by atoms with Gasteiger partial charge in [-0.2, -0.15) is 5.10 Å². The van der Waals surface area contributed by atoms with Crippen molar-refractivity contribution in [3.8, 4) is 5.69 Å². The topological polar surface area (TPSA) is 90.0 Å². The second-order valence-corrected chi connectivity index (χ2v) is 4.33. The van der Waals surface area contributed by atoms with Crippen molar-refractivity contribution in [2.45, 2.75) is 12.8 Å². The Bertz CT molecular complexity index is 592. The van der Waals surface area contributed by atoms with E-state index in [1.165, 1.54) is 6.20 Å². The molecular formula is C14H16N4O2. The molecule has 104 valence electrons. The summed E-state index contributed by atoms with van der Waals surface area (Å²) in [6.07, 6.45) is 3.98. The molecule has 0 aliphatic heterocycles. The van der Waals surface area contributed by atoms with Gasteiger partial charge >= 0.3 is 0 Å². The summed E-state index contributed by atoms with van der Waals surface area (Å²) in [6, 6.07) is 9.53. The van der Waals surface area contributed by atoms with Gasteiger partial charge in [0.05, 0.1) is 17.4 Å². The second-order valence-electron chi connectivity index (χ2n) is 4.33. The lowest BCUT2D eigenvalue weighted by atomic mass is 10.3. The molecule has 2 aromatic rings. The monoisotopic (exact) mass is 272 g/mol. The molecule has 0 unspecified atom stereocenters. The third-order valence-electron chi connectivity index (χ3n) is 2.75. The fourth-order valence-electron chi connectivity index (χ4n) is 1.73. The lowest BCUT2D eigenvalue weighted by molar-refractivity contribution is -0.118. The Labute approximate surface area is 116 Å². The molecule has 2 amide bonds. The maximum absolute atomic E-state index is 11.9. The van der Waals surface area contributed by atoms with Crippen LogP contribution in [0.5, 0.6) is 0 Å². The van der Waals surface area contributed by atoms with E-state index in [1.54, 1.807) is 10.9 Å². The Kier molecular flexibility index (Phi) is 4.49. The van der Waals surface area contributed by atoms with Crippen LogP contribution < -0.4 is 11.1 Å². The Morgan fingerprint density at radius 3 is 2.70 bits per heavy atom. The summed E-state index contributed by atoms with van der Waals surface area (Å²) in [4.78, 5) is 22.4. The second kappa shape index (κ2) is 6.51. The van der Waals surface area contributed by atoms with Gasteiger partial charge in [0.2, 0.25) is 5.91 Å². The summed E-state index contributed by atoms with van der Waals surface area (Å²) in [5.74, 6) is -0.576. The molecule has 0 spiro atoms. The Morgan fingerprint density at radius 2 is 2.00 bits per heavy atom. The maximum atomic E-state index is 11.9. The van der Waals surface area contributed by atoms with Crippen LogP contribution in [0.25, 0.3) is 5.69 Å². The van der Waals surface area contributed by atoms with Crippen LogP contribution in [0.1, 0.15) is 23.2 Å². The van der Waals surface area contributed by atoms with Gasteiger partial charge in [0.15, 0.2) is 0 Å². The number of hydrogen-bond donors (Lipinski definition) is 2. The summed E-state index contributed by atoms with van der Waals surface area (Å²) >= 11 is 0. The molecular weight excluding hydrogens is 256 g/mol. The molecule has 0 saturated heterocycles. The number of primary amides is 1. The van der Waals surface area contributed by atoms with Gasteiger partial charge in [-0.25, -0.2) is 4.68 Å². The summed E-state index contributed by atoms with van der Waals surface area (Å²) in [6.45, 7) is 0.415. The normalized spacial score (nSPS) is 10.2. The molecule has 0 saturated carbocycles. The maximum Gasteiger partial charge on any atom is 0.254 e. The van der Waals surface area contributed by atoms with E-state index in [0.717, 1.165) is 5.69 Å².